The first-order valence-electron chi connectivity index (χ1n) is 9.08. The molecule has 0 aromatic heterocycles. The summed E-state index contributed by atoms with van der Waals surface area (Å²) in [5.74, 6) is 1.57. The summed E-state index contributed by atoms with van der Waals surface area (Å²) >= 11 is 0. The van der Waals surface area contributed by atoms with Gasteiger partial charge in [-0.3, -0.25) is 0 Å². The Morgan fingerprint density at radius 2 is 1.81 bits per heavy atom. The van der Waals surface area contributed by atoms with Gasteiger partial charge in [0, 0.05) is 31.4 Å². The Morgan fingerprint density at radius 1 is 1.08 bits per heavy atom. The lowest BCUT2D eigenvalue weighted by Crippen LogP contribution is -2.55. The van der Waals surface area contributed by atoms with Crippen molar-refractivity contribution in [3.8, 4) is 5.75 Å². The van der Waals surface area contributed by atoms with Gasteiger partial charge in [-0.15, -0.1) is 24.8 Å². The van der Waals surface area contributed by atoms with Crippen LogP contribution in [-0.4, -0.2) is 30.8 Å². The Balaban J connectivity index is 0.00000121. The molecule has 0 amide bonds. The van der Waals surface area contributed by atoms with Crippen molar-refractivity contribution in [2.24, 2.45) is 5.92 Å². The number of piperazine rings is 1. The number of hydrogen-bond acceptors (Lipinski definition) is 3. The second kappa shape index (κ2) is 8.98. The molecule has 1 aliphatic heterocycles. The van der Waals surface area contributed by atoms with E-state index in [0.717, 1.165) is 19.6 Å². The highest BCUT2D eigenvalue weighted by Crippen LogP contribution is 2.41. The quantitative estimate of drug-likeness (QED) is 0.810. The zero-order chi connectivity index (χ0) is 16.5. The first-order valence-corrected chi connectivity index (χ1v) is 9.08. The molecule has 2 aliphatic rings. The third-order valence-electron chi connectivity index (χ3n) is 5.89. The molecule has 3 nitrogen and oxygen atoms in total. The molecule has 1 saturated heterocycles. The zero-order valence-corrected chi connectivity index (χ0v) is 16.7. The summed E-state index contributed by atoms with van der Waals surface area (Å²) in [6, 6.07) is 17.1. The summed E-state index contributed by atoms with van der Waals surface area (Å²) in [5.41, 5.74) is 4.31. The molecule has 2 N–H and O–H groups in total. The molecule has 4 rings (SSSR count). The molecule has 3 unspecified atom stereocenters. The lowest BCUT2D eigenvalue weighted by Gasteiger charge is -2.43. The third kappa shape index (κ3) is 3.95. The number of benzene rings is 2. The third-order valence-corrected chi connectivity index (χ3v) is 5.89. The van der Waals surface area contributed by atoms with E-state index in [1.54, 1.807) is 17.7 Å². The highest BCUT2D eigenvalue weighted by Gasteiger charge is 2.35. The molecule has 5 heteroatoms. The van der Waals surface area contributed by atoms with Crippen LogP contribution in [0.25, 0.3) is 0 Å². The number of phenols is 1. The predicted octanol–water partition coefficient (Wildman–Crippen LogP) is 4.38. The maximum absolute atomic E-state index is 9.58. The molecule has 2 aromatic rings. The van der Waals surface area contributed by atoms with Crippen molar-refractivity contribution >= 4 is 30.5 Å². The van der Waals surface area contributed by atoms with Crippen molar-refractivity contribution in [2.75, 3.05) is 24.5 Å². The Hall–Kier alpha value is -1.42. The van der Waals surface area contributed by atoms with E-state index in [0.29, 0.717) is 23.6 Å². The van der Waals surface area contributed by atoms with Gasteiger partial charge in [0.15, 0.2) is 0 Å². The number of fused-ring (bicyclic) bond motifs is 1. The van der Waals surface area contributed by atoms with Gasteiger partial charge in [0.1, 0.15) is 5.75 Å². The van der Waals surface area contributed by atoms with Crippen LogP contribution in [0.2, 0.25) is 0 Å². The predicted molar refractivity (Wildman–Crippen MR) is 113 cm³/mol. The van der Waals surface area contributed by atoms with Crippen molar-refractivity contribution in [3.63, 3.8) is 0 Å². The minimum Gasteiger partial charge on any atom is -0.508 e. The van der Waals surface area contributed by atoms with Crippen molar-refractivity contribution in [1.29, 1.82) is 0 Å². The molecule has 1 aliphatic carbocycles. The van der Waals surface area contributed by atoms with E-state index in [1.807, 2.05) is 12.1 Å². The summed E-state index contributed by atoms with van der Waals surface area (Å²) in [5, 5.41) is 13.2. The molecule has 0 radical (unpaired) electrons. The zero-order valence-electron chi connectivity index (χ0n) is 15.1. The molecule has 142 valence electrons. The molecular weight excluding hydrogens is 367 g/mol. The number of anilines is 1. The second-order valence-corrected chi connectivity index (χ2v) is 7.18. The molecule has 1 heterocycles. The van der Waals surface area contributed by atoms with E-state index >= 15 is 0 Å². The number of rotatable bonds is 3. The normalized spacial score (nSPS) is 22.7. The van der Waals surface area contributed by atoms with E-state index in [-0.39, 0.29) is 24.8 Å². The van der Waals surface area contributed by atoms with Gasteiger partial charge in [-0.2, -0.15) is 0 Å². The van der Waals surface area contributed by atoms with Gasteiger partial charge in [0.05, 0.1) is 0 Å². The molecule has 26 heavy (non-hydrogen) atoms. The van der Waals surface area contributed by atoms with Crippen molar-refractivity contribution in [1.82, 2.24) is 5.32 Å². The van der Waals surface area contributed by atoms with Gasteiger partial charge in [0.25, 0.3) is 0 Å². The van der Waals surface area contributed by atoms with E-state index in [9.17, 15) is 5.11 Å². The van der Waals surface area contributed by atoms with Crippen LogP contribution >= 0.6 is 24.8 Å². The molecular formula is C21H28Cl2N2O. The van der Waals surface area contributed by atoms with Crippen LogP contribution in [0, 0.1) is 5.92 Å². The summed E-state index contributed by atoms with van der Waals surface area (Å²) < 4.78 is 0. The molecule has 1 fully saturated rings. The largest absolute Gasteiger partial charge is 0.508 e. The second-order valence-electron chi connectivity index (χ2n) is 7.18. The van der Waals surface area contributed by atoms with E-state index < -0.39 is 0 Å². The van der Waals surface area contributed by atoms with E-state index in [2.05, 4.69) is 41.4 Å². The Bertz CT molecular complexity index is 707. The van der Waals surface area contributed by atoms with Crippen LogP contribution in [0.3, 0.4) is 0 Å². The Morgan fingerprint density at radius 3 is 2.58 bits per heavy atom. The lowest BCUT2D eigenvalue weighted by atomic mass is 9.82. The first-order chi connectivity index (χ1) is 11.7. The van der Waals surface area contributed by atoms with Crippen LogP contribution in [0.4, 0.5) is 5.69 Å². The minimum atomic E-state index is 0. The van der Waals surface area contributed by atoms with E-state index in [4.69, 9.17) is 0 Å². The van der Waals surface area contributed by atoms with Crippen LogP contribution in [-0.2, 0) is 6.42 Å². The number of nitrogens with zero attached hydrogens (tertiary/aromatic N) is 1. The smallest absolute Gasteiger partial charge is 0.115 e. The summed E-state index contributed by atoms with van der Waals surface area (Å²) in [4.78, 5) is 2.53. The molecule has 3 atom stereocenters. The summed E-state index contributed by atoms with van der Waals surface area (Å²) in [7, 11) is 0. The van der Waals surface area contributed by atoms with Crippen LogP contribution in [0.1, 0.15) is 30.4 Å². The van der Waals surface area contributed by atoms with Crippen molar-refractivity contribution in [3.05, 3.63) is 59.7 Å². The van der Waals surface area contributed by atoms with Gasteiger partial charge >= 0.3 is 0 Å². The fourth-order valence-electron chi connectivity index (χ4n) is 4.56. The van der Waals surface area contributed by atoms with Crippen LogP contribution < -0.4 is 10.2 Å². The SMILES string of the molecule is CC(C1CCc2ccccc21)C1CNCCN1c1ccc(O)cc1.Cl.Cl. The fourth-order valence-corrected chi connectivity index (χ4v) is 4.56. The molecule has 0 spiro atoms. The number of phenolic OH excluding ortho intramolecular Hbond substituents is 1. The standard InChI is InChI=1S/C21H26N2O.2ClH/c1-15(19-11-6-16-4-2-3-5-20(16)19)21-14-22-12-13-23(21)17-7-9-18(24)10-8-17;;/h2-5,7-10,15,19,21-22,24H,6,11-14H2,1H3;2*1H. The van der Waals surface area contributed by atoms with Crippen LogP contribution in [0.5, 0.6) is 5.75 Å². The maximum Gasteiger partial charge on any atom is 0.115 e. The number of nitrogens with one attached hydrogen (secondary N) is 1. The molecule has 0 bridgehead atoms. The Labute approximate surface area is 168 Å². The van der Waals surface area contributed by atoms with Crippen molar-refractivity contribution in [2.45, 2.75) is 31.7 Å². The average molecular weight is 395 g/mol. The highest BCUT2D eigenvalue weighted by molar-refractivity contribution is 5.85. The highest BCUT2D eigenvalue weighted by atomic mass is 35.5. The number of halogens is 2. The summed E-state index contributed by atoms with van der Waals surface area (Å²) in [6.07, 6.45) is 2.48. The topological polar surface area (TPSA) is 35.5 Å². The average Bonchev–Trinajstić information content (AvgIpc) is 3.06. The van der Waals surface area contributed by atoms with Gasteiger partial charge in [-0.1, -0.05) is 31.2 Å². The maximum atomic E-state index is 9.58. The fraction of sp³-hybridized carbons (Fsp3) is 0.429. The van der Waals surface area contributed by atoms with Gasteiger partial charge < -0.3 is 15.3 Å². The minimum absolute atomic E-state index is 0. The van der Waals surface area contributed by atoms with Gasteiger partial charge in [0.2, 0.25) is 0 Å². The number of hydrogen-bond donors (Lipinski definition) is 2. The molecule has 2 aromatic carbocycles. The van der Waals surface area contributed by atoms with Crippen molar-refractivity contribution < 1.29 is 5.11 Å². The first kappa shape index (κ1) is 20.9. The number of aromatic hydroxyl groups is 1. The number of aryl methyl sites for hydroxylation is 1. The van der Waals surface area contributed by atoms with E-state index in [1.165, 1.54) is 24.1 Å². The monoisotopic (exact) mass is 394 g/mol. The summed E-state index contributed by atoms with van der Waals surface area (Å²) in [6.45, 7) is 5.48. The molecule has 0 saturated carbocycles. The Kier molecular flexibility index (Phi) is 7.22. The lowest BCUT2D eigenvalue weighted by molar-refractivity contribution is 0.323. The van der Waals surface area contributed by atoms with Gasteiger partial charge in [-0.05, 0) is 60.1 Å². The van der Waals surface area contributed by atoms with Crippen LogP contribution in [0.15, 0.2) is 48.5 Å². The van der Waals surface area contributed by atoms with Gasteiger partial charge in [-0.25, -0.2) is 0 Å².